The lowest BCUT2D eigenvalue weighted by Gasteiger charge is -2.41. The Morgan fingerprint density at radius 2 is 1.57 bits per heavy atom. The number of hydrogen-bond acceptors (Lipinski definition) is 11. The quantitative estimate of drug-likeness (QED) is 0.0474. The van der Waals surface area contributed by atoms with Gasteiger partial charge in [0.15, 0.2) is 5.78 Å². The topological polar surface area (TPSA) is 193 Å². The SMILES string of the molecule is CC[C@H](C)[C@@H]([C@@H](CC(=O)N1CCC[C@H]1[C@H](OC)[C@@H](C)C(=O)N[C@H](C)[C@@H](O)c1ccccc1)OC)N(C)C(=O)[C@@H](CC(=O)[C@H](C(C)C)N(C)C(=O)OC1/C=C/CCCCC1OCCNC(=O)CBr)C(C)C. The summed E-state index contributed by atoms with van der Waals surface area (Å²) >= 11 is 3.14. The minimum atomic E-state index is -0.907. The highest BCUT2D eigenvalue weighted by Gasteiger charge is 2.44. The predicted molar refractivity (Wildman–Crippen MR) is 274 cm³/mol. The van der Waals surface area contributed by atoms with Crippen LogP contribution in [0.25, 0.3) is 0 Å². The van der Waals surface area contributed by atoms with Crippen LogP contribution in [-0.2, 0) is 42.9 Å². The number of ether oxygens (including phenoxy) is 4. The third-order valence-electron chi connectivity index (χ3n) is 14.4. The van der Waals surface area contributed by atoms with Crippen LogP contribution >= 0.6 is 15.9 Å². The van der Waals surface area contributed by atoms with E-state index in [0.29, 0.717) is 37.9 Å². The molecule has 1 aliphatic carbocycles. The Balaban J connectivity index is 1.76. The van der Waals surface area contributed by atoms with Gasteiger partial charge >= 0.3 is 6.09 Å². The molecular formula is C53H86BrN5O11. The van der Waals surface area contributed by atoms with E-state index in [1.165, 1.54) is 4.90 Å². The minimum absolute atomic E-state index is 0.0274. The van der Waals surface area contributed by atoms with E-state index in [1.54, 1.807) is 52.0 Å². The van der Waals surface area contributed by atoms with E-state index >= 15 is 0 Å². The number of allylic oxidation sites excluding steroid dienone is 1. The standard InChI is InChI=1S/C53H86BrN5O11/c1-13-35(6)48(44(67-11)31-46(62)59-28-21-24-40(59)50(68-12)36(7)51(64)56-37(8)49(63)38-22-17-16-18-23-38)57(9)52(65)39(33(2)3)30-41(60)47(34(4)5)58(10)53(66)70-43-26-20-15-14-19-25-42(43)69-29-27-55-45(61)32-54/h16-18,20,22-23,26,33-37,39-40,42-44,47-50,63H,13-15,19,21,24-25,27-32H2,1-12H3,(H,55,61)(H,56,64)/b26-20+/t35-,36+,37+,39-,40-,42?,43?,44+,47-,48-,49+,50+/m0/s1. The van der Waals surface area contributed by atoms with Crippen LogP contribution in [0.5, 0.6) is 0 Å². The van der Waals surface area contributed by atoms with Gasteiger partial charge in [-0.15, -0.1) is 0 Å². The van der Waals surface area contributed by atoms with Gasteiger partial charge in [0.2, 0.25) is 23.6 Å². The number of aliphatic hydroxyl groups is 1. The maximum atomic E-state index is 14.8. The molecule has 1 heterocycles. The Labute approximate surface area is 426 Å². The van der Waals surface area contributed by atoms with Crippen LogP contribution in [0.2, 0.25) is 0 Å². The van der Waals surface area contributed by atoms with Crippen molar-refractivity contribution < 1.29 is 52.8 Å². The number of Topliss-reactive ketones (excluding diaryl/α,β-unsaturated/α-hetero) is 1. The molecule has 5 amide bonds. The summed E-state index contributed by atoms with van der Waals surface area (Å²) in [6.07, 6.45) is 4.97. The summed E-state index contributed by atoms with van der Waals surface area (Å²) < 4.78 is 24.3. The molecule has 1 fully saturated rings. The van der Waals surface area contributed by atoms with Crippen LogP contribution in [-0.4, -0.2) is 157 Å². The molecule has 1 aliphatic heterocycles. The van der Waals surface area contributed by atoms with Gasteiger partial charge in [0.25, 0.3) is 0 Å². The molecule has 70 heavy (non-hydrogen) atoms. The van der Waals surface area contributed by atoms with Gasteiger partial charge < -0.3 is 49.4 Å². The average molecular weight is 1050 g/mol. The summed E-state index contributed by atoms with van der Waals surface area (Å²) in [6.45, 7) is 16.1. The second-order valence-electron chi connectivity index (χ2n) is 20.0. The highest BCUT2D eigenvalue weighted by atomic mass is 79.9. The summed E-state index contributed by atoms with van der Waals surface area (Å²) in [6, 6.07) is 6.76. The second kappa shape index (κ2) is 30.2. The van der Waals surface area contributed by atoms with E-state index in [1.807, 2.05) is 84.0 Å². The third kappa shape index (κ3) is 17.1. The molecule has 2 unspecified atom stereocenters. The lowest BCUT2D eigenvalue weighted by molar-refractivity contribution is -0.149. The van der Waals surface area contributed by atoms with Gasteiger partial charge in [-0.2, -0.15) is 0 Å². The molecule has 2 aliphatic rings. The lowest BCUT2D eigenvalue weighted by atomic mass is 9.83. The highest BCUT2D eigenvalue weighted by Crippen LogP contribution is 2.32. The molecule has 0 radical (unpaired) electrons. The molecule has 0 spiro atoms. The van der Waals surface area contributed by atoms with E-state index in [2.05, 4.69) is 26.6 Å². The Hall–Kier alpha value is -3.90. The maximum Gasteiger partial charge on any atom is 0.410 e. The first kappa shape index (κ1) is 60.4. The first-order valence-electron chi connectivity index (χ1n) is 25.5. The number of nitrogens with one attached hydrogen (secondary N) is 2. The van der Waals surface area contributed by atoms with Crippen molar-refractivity contribution >= 4 is 51.4 Å². The number of likely N-dealkylation sites (N-methyl/N-ethyl adjacent to an activating group) is 2. The van der Waals surface area contributed by atoms with Crippen molar-refractivity contribution in [3.8, 4) is 0 Å². The zero-order chi connectivity index (χ0) is 52.2. The number of aliphatic hydroxyl groups excluding tert-OH is 1. The van der Waals surface area contributed by atoms with Gasteiger partial charge in [0.1, 0.15) is 6.10 Å². The number of amides is 5. The summed E-state index contributed by atoms with van der Waals surface area (Å²) in [5.74, 6) is -3.19. The number of halogens is 1. The molecular weight excluding hydrogens is 963 g/mol. The van der Waals surface area contributed by atoms with Gasteiger partial charge in [-0.1, -0.05) is 114 Å². The molecule has 1 aromatic carbocycles. The Morgan fingerprint density at radius 1 is 0.886 bits per heavy atom. The molecule has 12 atom stereocenters. The summed E-state index contributed by atoms with van der Waals surface area (Å²) in [7, 11) is 6.35. The van der Waals surface area contributed by atoms with Crippen molar-refractivity contribution in [2.45, 2.75) is 168 Å². The Kier molecular flexibility index (Phi) is 26.1. The van der Waals surface area contributed by atoms with Gasteiger partial charge in [0.05, 0.1) is 72.9 Å². The molecule has 1 aromatic rings. The third-order valence-corrected chi connectivity index (χ3v) is 14.9. The van der Waals surface area contributed by atoms with Crippen molar-refractivity contribution in [3.05, 3.63) is 48.0 Å². The number of carbonyl (C=O) groups excluding carboxylic acids is 6. The number of methoxy groups -OCH3 is 2. The van der Waals surface area contributed by atoms with Crippen molar-refractivity contribution in [2.24, 2.45) is 29.6 Å². The Bertz CT molecular complexity index is 1840. The van der Waals surface area contributed by atoms with Crippen molar-refractivity contribution in [1.82, 2.24) is 25.3 Å². The molecule has 396 valence electrons. The summed E-state index contributed by atoms with van der Waals surface area (Å²) in [4.78, 5) is 87.7. The first-order valence-corrected chi connectivity index (χ1v) is 26.6. The molecule has 0 bridgehead atoms. The normalized spacial score (nSPS) is 21.7. The number of nitrogens with zero attached hydrogens (tertiary/aromatic N) is 3. The van der Waals surface area contributed by atoms with Crippen molar-refractivity contribution in [3.63, 3.8) is 0 Å². The van der Waals surface area contributed by atoms with Gasteiger partial charge in [-0.25, -0.2) is 4.79 Å². The zero-order valence-corrected chi connectivity index (χ0v) is 45.7. The number of hydrogen-bond donors (Lipinski definition) is 3. The molecule has 3 rings (SSSR count). The molecule has 0 saturated carbocycles. The maximum absolute atomic E-state index is 14.8. The van der Waals surface area contributed by atoms with Gasteiger partial charge in [0, 0.05) is 53.7 Å². The first-order chi connectivity index (χ1) is 33.2. The molecule has 3 N–H and O–H groups in total. The molecule has 1 saturated heterocycles. The number of alkyl halides is 1. The zero-order valence-electron chi connectivity index (χ0n) is 44.1. The van der Waals surface area contributed by atoms with E-state index < -0.39 is 66.6 Å². The Morgan fingerprint density at radius 3 is 2.17 bits per heavy atom. The van der Waals surface area contributed by atoms with E-state index in [0.717, 1.165) is 25.7 Å². The molecule has 16 nitrogen and oxygen atoms in total. The van der Waals surface area contributed by atoms with Crippen LogP contribution in [0.3, 0.4) is 0 Å². The fraction of sp³-hybridized carbons (Fsp3) is 0.736. The smallest absolute Gasteiger partial charge is 0.410 e. The van der Waals surface area contributed by atoms with Crippen LogP contribution in [0.1, 0.15) is 125 Å². The average Bonchev–Trinajstić information content (AvgIpc) is 3.82. The number of likely N-dealkylation sites (tertiary alicyclic amines) is 1. The lowest BCUT2D eigenvalue weighted by Crippen LogP contribution is -2.55. The number of benzene rings is 1. The summed E-state index contributed by atoms with van der Waals surface area (Å²) in [5.41, 5.74) is 0.691. The predicted octanol–water partition coefficient (Wildman–Crippen LogP) is 6.86. The second-order valence-corrected chi connectivity index (χ2v) is 20.6. The number of ketones is 1. The van der Waals surface area contributed by atoms with Crippen LogP contribution in [0.15, 0.2) is 42.5 Å². The van der Waals surface area contributed by atoms with E-state index in [-0.39, 0.29) is 78.0 Å². The highest BCUT2D eigenvalue weighted by molar-refractivity contribution is 9.09. The number of rotatable bonds is 27. The van der Waals surface area contributed by atoms with Crippen molar-refractivity contribution in [1.29, 1.82) is 0 Å². The van der Waals surface area contributed by atoms with Crippen LogP contribution in [0.4, 0.5) is 4.79 Å². The molecule has 17 heteroatoms. The van der Waals surface area contributed by atoms with Gasteiger partial charge in [-0.3, -0.25) is 24.0 Å². The monoisotopic (exact) mass is 1050 g/mol. The summed E-state index contributed by atoms with van der Waals surface area (Å²) in [5, 5.41) is 16.8. The fourth-order valence-electron chi connectivity index (χ4n) is 10.1. The molecule has 0 aromatic heterocycles. The van der Waals surface area contributed by atoms with E-state index in [9.17, 15) is 33.9 Å². The number of carbonyl (C=O) groups is 6. The van der Waals surface area contributed by atoms with Crippen LogP contribution in [0, 0.1) is 29.6 Å². The van der Waals surface area contributed by atoms with Crippen LogP contribution < -0.4 is 10.6 Å². The van der Waals surface area contributed by atoms with Crippen molar-refractivity contribution in [2.75, 3.05) is 53.3 Å². The van der Waals surface area contributed by atoms with Gasteiger partial charge in [-0.05, 0) is 68.4 Å². The fourth-order valence-corrected chi connectivity index (χ4v) is 10.3. The largest absolute Gasteiger partial charge is 0.439 e. The van der Waals surface area contributed by atoms with E-state index in [4.69, 9.17) is 18.9 Å². The minimum Gasteiger partial charge on any atom is -0.439 e.